The van der Waals surface area contributed by atoms with Gasteiger partial charge in [0.05, 0.1) is 0 Å². The van der Waals surface area contributed by atoms with Crippen molar-refractivity contribution in [2.24, 2.45) is 11.5 Å². The summed E-state index contributed by atoms with van der Waals surface area (Å²) in [7, 11) is 5.56. The Balaban J connectivity index is 1.62. The lowest BCUT2D eigenvalue weighted by Crippen LogP contribution is -2.24. The van der Waals surface area contributed by atoms with Crippen molar-refractivity contribution in [3.63, 3.8) is 0 Å². The summed E-state index contributed by atoms with van der Waals surface area (Å²) in [6, 6.07) is 20.8. The van der Waals surface area contributed by atoms with Gasteiger partial charge in [-0.05, 0) is 47.5 Å². The number of hydrogen-bond acceptors (Lipinski definition) is 4. The van der Waals surface area contributed by atoms with Gasteiger partial charge in [-0.25, -0.2) is 4.39 Å². The largest absolute Gasteiger partial charge is 0.398 e. The van der Waals surface area contributed by atoms with Gasteiger partial charge < -0.3 is 22.1 Å². The van der Waals surface area contributed by atoms with Gasteiger partial charge in [0, 0.05) is 23.5 Å². The number of rotatable bonds is 7. The fraction of sp³-hybridized carbons (Fsp3) is 0.0417. The van der Waals surface area contributed by atoms with Crippen molar-refractivity contribution in [2.45, 2.75) is 6.54 Å². The molecule has 2 radical (unpaired) electrons. The van der Waals surface area contributed by atoms with E-state index in [4.69, 9.17) is 19.3 Å². The highest BCUT2D eigenvalue weighted by Crippen LogP contribution is 2.13. The fourth-order valence-corrected chi connectivity index (χ4v) is 2.84. The van der Waals surface area contributed by atoms with E-state index in [0.29, 0.717) is 28.3 Å². The van der Waals surface area contributed by atoms with Crippen LogP contribution >= 0.6 is 0 Å². The van der Waals surface area contributed by atoms with Crippen LogP contribution in [0.1, 0.15) is 21.5 Å². The fourth-order valence-electron chi connectivity index (χ4n) is 2.84. The molecule has 0 aliphatic heterocycles. The number of hydrogen-bond donors (Lipinski definition) is 4. The van der Waals surface area contributed by atoms with E-state index in [9.17, 15) is 9.18 Å². The minimum atomic E-state index is -0.486. The molecular formula is C24H22BFN4O. The Labute approximate surface area is 182 Å². The van der Waals surface area contributed by atoms with Crippen molar-refractivity contribution in [2.75, 3.05) is 5.32 Å². The summed E-state index contributed by atoms with van der Waals surface area (Å²) >= 11 is 0. The maximum absolute atomic E-state index is 13.3. The average molecular weight is 412 g/mol. The first kappa shape index (κ1) is 21.7. The van der Waals surface area contributed by atoms with Gasteiger partial charge in [-0.3, -0.25) is 4.79 Å². The molecule has 6 N–H and O–H groups in total. The van der Waals surface area contributed by atoms with Crippen LogP contribution in [0.4, 0.5) is 10.1 Å². The van der Waals surface area contributed by atoms with Crippen LogP contribution in [0.15, 0.2) is 90.8 Å². The third-order valence-electron chi connectivity index (χ3n) is 4.48. The highest BCUT2D eigenvalue weighted by molar-refractivity contribution is 6.32. The number of carbonyl (C=O) groups is 1. The van der Waals surface area contributed by atoms with Crippen molar-refractivity contribution in [1.29, 1.82) is 0 Å². The van der Waals surface area contributed by atoms with E-state index in [1.54, 1.807) is 42.5 Å². The lowest BCUT2D eigenvalue weighted by molar-refractivity contribution is 0.0951. The van der Waals surface area contributed by atoms with Gasteiger partial charge in [0.1, 0.15) is 19.5 Å². The van der Waals surface area contributed by atoms with E-state index in [-0.39, 0.29) is 17.9 Å². The first-order valence-corrected chi connectivity index (χ1v) is 9.60. The maximum atomic E-state index is 13.3. The van der Waals surface area contributed by atoms with Gasteiger partial charge in [0.2, 0.25) is 0 Å². The van der Waals surface area contributed by atoms with Gasteiger partial charge in [0.15, 0.2) is 0 Å². The molecular weight excluding hydrogens is 390 g/mol. The summed E-state index contributed by atoms with van der Waals surface area (Å²) in [5, 5.41) is 5.82. The Morgan fingerprint density at radius 2 is 1.68 bits per heavy atom. The van der Waals surface area contributed by atoms with Crippen LogP contribution in [-0.2, 0) is 6.54 Å². The highest BCUT2D eigenvalue weighted by atomic mass is 19.1. The second kappa shape index (κ2) is 10.2. The average Bonchev–Trinajstić information content (AvgIpc) is 2.78. The molecule has 31 heavy (non-hydrogen) atoms. The molecule has 0 fully saturated rings. The molecule has 0 unspecified atom stereocenters. The zero-order valence-corrected chi connectivity index (χ0v) is 16.8. The Kier molecular flexibility index (Phi) is 7.11. The van der Waals surface area contributed by atoms with Gasteiger partial charge in [-0.15, -0.1) is 0 Å². The predicted octanol–water partition coefficient (Wildman–Crippen LogP) is 2.76. The number of halogens is 1. The Hall–Kier alpha value is -4.00. The summed E-state index contributed by atoms with van der Waals surface area (Å²) < 4.78 is 13.3. The molecule has 3 aromatic carbocycles. The van der Waals surface area contributed by atoms with E-state index in [2.05, 4.69) is 10.6 Å². The van der Waals surface area contributed by atoms with Crippen molar-refractivity contribution in [1.82, 2.24) is 5.32 Å². The standard InChI is InChI=1S/C24H22BFN4O/c25-20-13-16(9-10-21(20)26)15-29-24(31)18-7-4-8-19(14-18)30-23(28)12-11-22(27)17-5-2-1-3-6-17/h1-14,30H,15,27-28H2,(H,29,31)/b22-11-,23-12+. The smallest absolute Gasteiger partial charge is 0.251 e. The van der Waals surface area contributed by atoms with Crippen molar-refractivity contribution in [3.05, 3.63) is 113 Å². The van der Waals surface area contributed by atoms with Crippen molar-refractivity contribution < 1.29 is 9.18 Å². The molecule has 1 amide bonds. The van der Waals surface area contributed by atoms with Crippen LogP contribution < -0.4 is 27.6 Å². The molecule has 0 aliphatic carbocycles. The Morgan fingerprint density at radius 3 is 2.42 bits per heavy atom. The number of nitrogens with one attached hydrogen (secondary N) is 2. The zero-order chi connectivity index (χ0) is 22.2. The summed E-state index contributed by atoms with van der Waals surface area (Å²) in [5.41, 5.74) is 15.4. The molecule has 0 aromatic heterocycles. The van der Waals surface area contributed by atoms with Gasteiger partial charge in [0.25, 0.3) is 5.91 Å². The molecule has 154 valence electrons. The summed E-state index contributed by atoms with van der Waals surface area (Å²) in [4.78, 5) is 12.5. The number of nitrogens with two attached hydrogens (primary N) is 2. The lowest BCUT2D eigenvalue weighted by Gasteiger charge is -2.10. The molecule has 0 atom stereocenters. The predicted molar refractivity (Wildman–Crippen MR) is 124 cm³/mol. The van der Waals surface area contributed by atoms with E-state index >= 15 is 0 Å². The maximum Gasteiger partial charge on any atom is 0.251 e. The summed E-state index contributed by atoms with van der Waals surface area (Å²) in [6.45, 7) is 0.229. The molecule has 0 spiro atoms. The monoisotopic (exact) mass is 412 g/mol. The van der Waals surface area contributed by atoms with E-state index in [1.165, 1.54) is 12.1 Å². The topological polar surface area (TPSA) is 93.2 Å². The van der Waals surface area contributed by atoms with Crippen LogP contribution in [-0.4, -0.2) is 13.8 Å². The van der Waals surface area contributed by atoms with Crippen LogP contribution in [0.25, 0.3) is 5.70 Å². The molecule has 3 rings (SSSR count). The Morgan fingerprint density at radius 1 is 0.935 bits per heavy atom. The molecule has 0 saturated carbocycles. The Bertz CT molecular complexity index is 1130. The highest BCUT2D eigenvalue weighted by Gasteiger charge is 2.07. The third kappa shape index (κ3) is 6.24. The summed E-state index contributed by atoms with van der Waals surface area (Å²) in [5.74, 6) is -0.389. The minimum absolute atomic E-state index is 0.0437. The molecule has 5 nitrogen and oxygen atoms in total. The molecule has 3 aromatic rings. The van der Waals surface area contributed by atoms with Gasteiger partial charge in [-0.2, -0.15) is 0 Å². The van der Waals surface area contributed by atoms with Crippen LogP contribution in [0.2, 0.25) is 0 Å². The van der Waals surface area contributed by atoms with Crippen molar-refractivity contribution in [3.8, 4) is 0 Å². The van der Waals surface area contributed by atoms with Gasteiger partial charge >= 0.3 is 0 Å². The molecule has 7 heteroatoms. The first-order valence-electron chi connectivity index (χ1n) is 9.60. The second-order valence-corrected chi connectivity index (χ2v) is 6.85. The van der Waals surface area contributed by atoms with Crippen LogP contribution in [0.3, 0.4) is 0 Å². The molecule has 0 saturated heterocycles. The van der Waals surface area contributed by atoms with E-state index in [0.717, 1.165) is 5.56 Å². The number of allylic oxidation sites excluding steroid dienone is 2. The molecule has 0 bridgehead atoms. The quantitative estimate of drug-likeness (QED) is 0.355. The van der Waals surface area contributed by atoms with E-state index in [1.807, 2.05) is 30.3 Å². The van der Waals surface area contributed by atoms with Crippen LogP contribution in [0.5, 0.6) is 0 Å². The number of amides is 1. The van der Waals surface area contributed by atoms with Gasteiger partial charge in [-0.1, -0.05) is 54.0 Å². The zero-order valence-electron chi connectivity index (χ0n) is 16.8. The lowest BCUT2D eigenvalue weighted by atomic mass is 9.93. The molecule has 0 heterocycles. The molecule has 0 aliphatic rings. The SMILES string of the molecule is [B]c1cc(CNC(=O)c2cccc(N/C(N)=C/C=C(\N)c3ccccc3)c2)ccc1F. The van der Waals surface area contributed by atoms with Crippen molar-refractivity contribution >= 4 is 30.6 Å². The van der Waals surface area contributed by atoms with Crippen LogP contribution in [0, 0.1) is 5.82 Å². The number of anilines is 1. The number of carbonyl (C=O) groups excluding carboxylic acids is 1. The normalized spacial score (nSPS) is 11.8. The third-order valence-corrected chi connectivity index (χ3v) is 4.48. The minimum Gasteiger partial charge on any atom is -0.398 e. The second-order valence-electron chi connectivity index (χ2n) is 6.85. The number of benzene rings is 3. The summed E-state index contributed by atoms with van der Waals surface area (Å²) in [6.07, 6.45) is 3.37. The first-order chi connectivity index (χ1) is 14.9. The van der Waals surface area contributed by atoms with E-state index < -0.39 is 5.82 Å².